The molecule has 2 aromatic carbocycles. The van der Waals surface area contributed by atoms with Gasteiger partial charge in [-0.1, -0.05) is 41.9 Å². The Labute approximate surface area is 130 Å². The predicted molar refractivity (Wildman–Crippen MR) is 87.6 cm³/mol. The quantitative estimate of drug-likeness (QED) is 0.886. The van der Waals surface area contributed by atoms with Crippen molar-refractivity contribution >= 4 is 23.2 Å². The number of para-hydroxylation sites is 1. The number of hydrogen-bond acceptors (Lipinski definition) is 2. The third-order valence-corrected chi connectivity index (χ3v) is 3.45. The molecule has 110 valence electrons. The van der Waals surface area contributed by atoms with Crippen molar-refractivity contribution in [1.82, 2.24) is 5.32 Å². The first kappa shape index (κ1) is 15.4. The summed E-state index contributed by atoms with van der Waals surface area (Å²) in [7, 11) is 0. The summed E-state index contributed by atoms with van der Waals surface area (Å²) in [6.07, 6.45) is 0. The van der Waals surface area contributed by atoms with Gasteiger partial charge >= 0.3 is 0 Å². The Kier molecular flexibility index (Phi) is 5.64. The van der Waals surface area contributed by atoms with E-state index < -0.39 is 0 Å². The van der Waals surface area contributed by atoms with Crippen LogP contribution in [0.15, 0.2) is 54.6 Å². The third kappa shape index (κ3) is 4.80. The van der Waals surface area contributed by atoms with Crippen molar-refractivity contribution < 1.29 is 4.79 Å². The highest BCUT2D eigenvalue weighted by atomic mass is 35.5. The standard InChI is InChI=1S/C17H19ClN2O/c1-2-20(16-9-4-3-5-10-16)13-17(21)19-12-14-7-6-8-15(18)11-14/h3-11H,2,12-13H2,1H3,(H,19,21). The molecule has 2 aromatic rings. The van der Waals surface area contributed by atoms with Gasteiger partial charge < -0.3 is 10.2 Å². The van der Waals surface area contributed by atoms with Crippen LogP contribution in [0.2, 0.25) is 5.02 Å². The molecular weight excluding hydrogens is 284 g/mol. The highest BCUT2D eigenvalue weighted by Gasteiger charge is 2.09. The first-order valence-electron chi connectivity index (χ1n) is 7.00. The third-order valence-electron chi connectivity index (χ3n) is 3.22. The van der Waals surface area contributed by atoms with Crippen molar-refractivity contribution in [3.63, 3.8) is 0 Å². The molecule has 2 rings (SSSR count). The largest absolute Gasteiger partial charge is 0.363 e. The monoisotopic (exact) mass is 302 g/mol. The molecule has 0 aromatic heterocycles. The van der Waals surface area contributed by atoms with Gasteiger partial charge in [0.25, 0.3) is 0 Å². The first-order chi connectivity index (χ1) is 10.2. The summed E-state index contributed by atoms with van der Waals surface area (Å²) in [5.41, 5.74) is 2.05. The molecule has 4 heteroatoms. The van der Waals surface area contributed by atoms with Crippen molar-refractivity contribution in [1.29, 1.82) is 0 Å². The van der Waals surface area contributed by atoms with Gasteiger partial charge in [-0.05, 0) is 36.8 Å². The van der Waals surface area contributed by atoms with Crippen molar-refractivity contribution in [2.24, 2.45) is 0 Å². The molecule has 0 unspecified atom stereocenters. The number of halogens is 1. The lowest BCUT2D eigenvalue weighted by atomic mass is 10.2. The zero-order valence-electron chi connectivity index (χ0n) is 12.1. The zero-order chi connectivity index (χ0) is 15.1. The Morgan fingerprint density at radius 3 is 2.57 bits per heavy atom. The summed E-state index contributed by atoms with van der Waals surface area (Å²) in [4.78, 5) is 14.1. The van der Waals surface area contributed by atoms with Gasteiger partial charge in [0.2, 0.25) is 5.91 Å². The Hall–Kier alpha value is -2.00. The molecule has 0 atom stereocenters. The van der Waals surface area contributed by atoms with Gasteiger partial charge in [0, 0.05) is 23.8 Å². The van der Waals surface area contributed by atoms with E-state index in [0.717, 1.165) is 17.8 Å². The summed E-state index contributed by atoms with van der Waals surface area (Å²) in [6.45, 7) is 3.67. The number of nitrogens with zero attached hydrogens (tertiary/aromatic N) is 1. The number of carbonyl (C=O) groups excluding carboxylic acids is 1. The van der Waals surface area contributed by atoms with Crippen molar-refractivity contribution in [2.75, 3.05) is 18.0 Å². The van der Waals surface area contributed by atoms with Gasteiger partial charge in [-0.15, -0.1) is 0 Å². The normalized spacial score (nSPS) is 10.2. The lowest BCUT2D eigenvalue weighted by Gasteiger charge is -2.22. The molecule has 0 saturated heterocycles. The lowest BCUT2D eigenvalue weighted by molar-refractivity contribution is -0.119. The molecule has 0 heterocycles. The van der Waals surface area contributed by atoms with Crippen LogP contribution in [0.5, 0.6) is 0 Å². The molecule has 0 aliphatic heterocycles. The number of carbonyl (C=O) groups is 1. The van der Waals surface area contributed by atoms with Crippen LogP contribution >= 0.6 is 11.6 Å². The van der Waals surface area contributed by atoms with Gasteiger partial charge in [0.1, 0.15) is 0 Å². The summed E-state index contributed by atoms with van der Waals surface area (Å²) < 4.78 is 0. The second kappa shape index (κ2) is 7.70. The lowest BCUT2D eigenvalue weighted by Crippen LogP contribution is -2.36. The highest BCUT2D eigenvalue weighted by Crippen LogP contribution is 2.12. The van der Waals surface area contributed by atoms with Crippen LogP contribution in [0.4, 0.5) is 5.69 Å². The van der Waals surface area contributed by atoms with E-state index in [9.17, 15) is 4.79 Å². The molecule has 0 bridgehead atoms. The smallest absolute Gasteiger partial charge is 0.239 e. The van der Waals surface area contributed by atoms with Crippen LogP contribution in [0.3, 0.4) is 0 Å². The Morgan fingerprint density at radius 1 is 1.14 bits per heavy atom. The van der Waals surface area contributed by atoms with E-state index in [1.54, 1.807) is 0 Å². The molecule has 3 nitrogen and oxygen atoms in total. The number of rotatable bonds is 6. The number of benzene rings is 2. The van der Waals surface area contributed by atoms with Crippen LogP contribution in [0.25, 0.3) is 0 Å². The van der Waals surface area contributed by atoms with Crippen LogP contribution in [0, 0.1) is 0 Å². The summed E-state index contributed by atoms with van der Waals surface area (Å²) >= 11 is 5.93. The van der Waals surface area contributed by atoms with Crippen molar-refractivity contribution in [3.05, 3.63) is 65.2 Å². The second-order valence-corrected chi connectivity index (χ2v) is 5.19. The second-order valence-electron chi connectivity index (χ2n) is 4.76. The molecule has 1 amide bonds. The van der Waals surface area contributed by atoms with Gasteiger partial charge in [-0.25, -0.2) is 0 Å². The fraction of sp³-hybridized carbons (Fsp3) is 0.235. The van der Waals surface area contributed by atoms with Crippen LogP contribution in [-0.4, -0.2) is 19.0 Å². The molecule has 0 spiro atoms. The van der Waals surface area contributed by atoms with Crippen LogP contribution < -0.4 is 10.2 Å². The molecule has 0 fully saturated rings. The minimum Gasteiger partial charge on any atom is -0.363 e. The van der Waals surface area contributed by atoms with E-state index in [-0.39, 0.29) is 5.91 Å². The van der Waals surface area contributed by atoms with E-state index in [2.05, 4.69) is 5.32 Å². The predicted octanol–water partition coefficient (Wildman–Crippen LogP) is 3.48. The fourth-order valence-electron chi connectivity index (χ4n) is 2.10. The molecule has 0 aliphatic rings. The number of amides is 1. The van der Waals surface area contributed by atoms with Gasteiger partial charge in [-0.3, -0.25) is 4.79 Å². The summed E-state index contributed by atoms with van der Waals surface area (Å²) in [5.74, 6) is 0.000628. The minimum absolute atomic E-state index is 0.000628. The fourth-order valence-corrected chi connectivity index (χ4v) is 2.31. The Morgan fingerprint density at radius 2 is 1.90 bits per heavy atom. The van der Waals surface area contributed by atoms with Crippen LogP contribution in [0.1, 0.15) is 12.5 Å². The molecular formula is C17H19ClN2O. The maximum absolute atomic E-state index is 12.1. The van der Waals surface area contributed by atoms with Gasteiger partial charge in [0.05, 0.1) is 6.54 Å². The Bertz CT molecular complexity index is 586. The highest BCUT2D eigenvalue weighted by molar-refractivity contribution is 6.30. The number of likely N-dealkylation sites (N-methyl/N-ethyl adjacent to an activating group) is 1. The van der Waals surface area contributed by atoms with E-state index in [1.165, 1.54) is 0 Å². The van der Waals surface area contributed by atoms with Gasteiger partial charge in [-0.2, -0.15) is 0 Å². The van der Waals surface area contributed by atoms with Crippen molar-refractivity contribution in [3.8, 4) is 0 Å². The van der Waals surface area contributed by atoms with E-state index in [0.29, 0.717) is 18.1 Å². The van der Waals surface area contributed by atoms with E-state index in [1.807, 2.05) is 66.4 Å². The van der Waals surface area contributed by atoms with E-state index in [4.69, 9.17) is 11.6 Å². The average molecular weight is 303 g/mol. The topological polar surface area (TPSA) is 32.3 Å². The zero-order valence-corrected chi connectivity index (χ0v) is 12.8. The van der Waals surface area contributed by atoms with Crippen LogP contribution in [-0.2, 0) is 11.3 Å². The van der Waals surface area contributed by atoms with E-state index >= 15 is 0 Å². The number of nitrogens with one attached hydrogen (secondary N) is 1. The average Bonchev–Trinajstić information content (AvgIpc) is 2.51. The summed E-state index contributed by atoms with van der Waals surface area (Å²) in [5, 5.41) is 3.60. The van der Waals surface area contributed by atoms with Gasteiger partial charge in [0.15, 0.2) is 0 Å². The number of hydrogen-bond donors (Lipinski definition) is 1. The number of anilines is 1. The SMILES string of the molecule is CCN(CC(=O)NCc1cccc(Cl)c1)c1ccccc1. The molecule has 21 heavy (non-hydrogen) atoms. The molecule has 0 saturated carbocycles. The van der Waals surface area contributed by atoms with Crippen molar-refractivity contribution in [2.45, 2.75) is 13.5 Å². The summed E-state index contributed by atoms with van der Waals surface area (Å²) in [6, 6.07) is 17.4. The minimum atomic E-state index is 0.000628. The maximum atomic E-state index is 12.1. The first-order valence-corrected chi connectivity index (χ1v) is 7.38. The Balaban J connectivity index is 1.89. The molecule has 0 aliphatic carbocycles. The molecule has 1 N–H and O–H groups in total. The maximum Gasteiger partial charge on any atom is 0.239 e. The molecule has 0 radical (unpaired) electrons.